The van der Waals surface area contributed by atoms with Gasteiger partial charge in [0.25, 0.3) is 0 Å². The molecule has 0 bridgehead atoms. The molecule has 2 N–H and O–H groups in total. The Hall–Kier alpha value is -3.17. The average Bonchev–Trinajstić information content (AvgIpc) is 3.44. The van der Waals surface area contributed by atoms with Gasteiger partial charge in [0.15, 0.2) is 0 Å². The van der Waals surface area contributed by atoms with Crippen LogP contribution in [0.4, 0.5) is 0 Å². The largest absolute Gasteiger partial charge is 0.330 e. The quantitative estimate of drug-likeness (QED) is 0.490. The minimum Gasteiger partial charge on any atom is -0.330 e. The summed E-state index contributed by atoms with van der Waals surface area (Å²) in [6, 6.07) is 32.1. The molecule has 5 rings (SSSR count). The molecule has 0 unspecified atom stereocenters. The molecule has 0 aliphatic heterocycles. The Morgan fingerprint density at radius 2 is 1.28 bits per heavy atom. The van der Waals surface area contributed by atoms with Gasteiger partial charge in [-0.3, -0.25) is 0 Å². The van der Waals surface area contributed by atoms with Gasteiger partial charge in [-0.15, -0.1) is 0 Å². The molecule has 4 aromatic rings. The molecule has 0 saturated heterocycles. The average molecular weight is 380 g/mol. The van der Waals surface area contributed by atoms with Crippen molar-refractivity contribution in [3.63, 3.8) is 0 Å². The zero-order chi connectivity index (χ0) is 19.7. The van der Waals surface area contributed by atoms with Crippen LogP contribution in [0.15, 0.2) is 104 Å². The fourth-order valence-corrected chi connectivity index (χ4v) is 4.57. The Labute approximate surface area is 171 Å². The molecule has 2 atom stereocenters. The van der Waals surface area contributed by atoms with Crippen molar-refractivity contribution < 1.29 is 0 Å². The lowest BCUT2D eigenvalue weighted by atomic mass is 9.77. The van der Waals surface area contributed by atoms with Crippen LogP contribution in [-0.4, -0.2) is 16.1 Å². The second kappa shape index (κ2) is 7.34. The molecule has 1 saturated carbocycles. The van der Waals surface area contributed by atoms with Crippen molar-refractivity contribution in [3.8, 4) is 0 Å². The number of aromatic nitrogens is 2. The summed E-state index contributed by atoms with van der Waals surface area (Å²) in [5.41, 5.74) is 10.2. The van der Waals surface area contributed by atoms with Gasteiger partial charge >= 0.3 is 0 Å². The Balaban J connectivity index is 1.77. The Bertz CT molecular complexity index is 974. The summed E-state index contributed by atoms with van der Waals surface area (Å²) in [6.45, 7) is 0.735. The van der Waals surface area contributed by atoms with E-state index >= 15 is 0 Å². The van der Waals surface area contributed by atoms with Gasteiger partial charge in [0.1, 0.15) is 5.54 Å². The number of benzene rings is 3. The van der Waals surface area contributed by atoms with E-state index < -0.39 is 5.54 Å². The molecule has 29 heavy (non-hydrogen) atoms. The van der Waals surface area contributed by atoms with Gasteiger partial charge in [-0.1, -0.05) is 91.0 Å². The molecular weight excluding hydrogens is 354 g/mol. The van der Waals surface area contributed by atoms with Gasteiger partial charge < -0.3 is 10.3 Å². The van der Waals surface area contributed by atoms with E-state index in [2.05, 4.69) is 102 Å². The van der Waals surface area contributed by atoms with Crippen molar-refractivity contribution in [2.24, 2.45) is 11.7 Å². The number of rotatable bonds is 6. The maximum atomic E-state index is 5.89. The van der Waals surface area contributed by atoms with Crippen molar-refractivity contribution in [3.05, 3.63) is 126 Å². The number of nitrogens with two attached hydrogens (primary N) is 1. The Morgan fingerprint density at radius 3 is 1.69 bits per heavy atom. The second-order valence-corrected chi connectivity index (χ2v) is 7.85. The van der Waals surface area contributed by atoms with Gasteiger partial charge in [-0.05, 0) is 35.6 Å². The minimum atomic E-state index is -0.484. The molecule has 1 heterocycles. The molecule has 144 valence electrons. The second-order valence-electron chi connectivity index (χ2n) is 7.85. The highest BCUT2D eigenvalue weighted by Gasteiger charge is 2.42. The fraction of sp³-hybridized carbons (Fsp3) is 0.192. The standard InChI is InChI=1S/C26H25N3/c27-17-20-16-24(20)25-18-29(19-28-25)26(21-10-4-1-5-11-21,22-12-6-2-7-13-22)23-14-8-3-9-15-23/h1-15,18-20,24H,16-17,27H2/t20-,24-/m0/s1. The van der Waals surface area contributed by atoms with Gasteiger partial charge in [0, 0.05) is 12.1 Å². The molecule has 1 aliphatic rings. The minimum absolute atomic E-state index is 0.484. The Kier molecular flexibility index (Phi) is 4.53. The van der Waals surface area contributed by atoms with Gasteiger partial charge in [-0.25, -0.2) is 4.98 Å². The molecule has 3 heteroatoms. The van der Waals surface area contributed by atoms with Gasteiger partial charge in [-0.2, -0.15) is 0 Å². The maximum absolute atomic E-state index is 5.89. The first-order valence-electron chi connectivity index (χ1n) is 10.2. The molecule has 0 spiro atoms. The van der Waals surface area contributed by atoms with E-state index in [0.29, 0.717) is 11.8 Å². The zero-order valence-corrected chi connectivity index (χ0v) is 16.4. The van der Waals surface area contributed by atoms with E-state index in [4.69, 9.17) is 10.7 Å². The summed E-state index contributed by atoms with van der Waals surface area (Å²) in [6.07, 6.45) is 5.37. The molecule has 1 aliphatic carbocycles. The summed E-state index contributed by atoms with van der Waals surface area (Å²) < 4.78 is 2.29. The van der Waals surface area contributed by atoms with Crippen LogP contribution >= 0.6 is 0 Å². The highest BCUT2D eigenvalue weighted by molar-refractivity contribution is 5.50. The molecule has 3 aromatic carbocycles. The summed E-state index contributed by atoms with van der Waals surface area (Å²) in [5.74, 6) is 1.05. The van der Waals surface area contributed by atoms with E-state index in [1.54, 1.807) is 0 Å². The normalized spacial score (nSPS) is 18.5. The van der Waals surface area contributed by atoms with Crippen LogP contribution in [0, 0.1) is 5.92 Å². The van der Waals surface area contributed by atoms with Crippen molar-refractivity contribution in [1.82, 2.24) is 9.55 Å². The van der Waals surface area contributed by atoms with Gasteiger partial charge in [0.2, 0.25) is 0 Å². The predicted molar refractivity (Wildman–Crippen MR) is 117 cm³/mol. The lowest BCUT2D eigenvalue weighted by Crippen LogP contribution is -2.36. The third kappa shape index (κ3) is 2.99. The van der Waals surface area contributed by atoms with E-state index in [-0.39, 0.29) is 0 Å². The van der Waals surface area contributed by atoms with Crippen molar-refractivity contribution >= 4 is 0 Å². The van der Waals surface area contributed by atoms with Crippen LogP contribution in [0.1, 0.15) is 34.7 Å². The van der Waals surface area contributed by atoms with Gasteiger partial charge in [0.05, 0.1) is 12.0 Å². The number of hydrogen-bond donors (Lipinski definition) is 1. The molecule has 1 fully saturated rings. The third-order valence-electron chi connectivity index (χ3n) is 6.17. The first-order valence-corrected chi connectivity index (χ1v) is 10.2. The summed E-state index contributed by atoms with van der Waals surface area (Å²) in [5, 5.41) is 0. The number of hydrogen-bond acceptors (Lipinski definition) is 2. The molecule has 0 amide bonds. The van der Waals surface area contributed by atoms with Crippen molar-refractivity contribution in [1.29, 1.82) is 0 Å². The van der Waals surface area contributed by atoms with Crippen LogP contribution < -0.4 is 5.73 Å². The summed E-state index contributed by atoms with van der Waals surface area (Å²) in [4.78, 5) is 4.83. The monoisotopic (exact) mass is 379 g/mol. The summed E-state index contributed by atoms with van der Waals surface area (Å²) >= 11 is 0. The topological polar surface area (TPSA) is 43.8 Å². The smallest absolute Gasteiger partial charge is 0.121 e. The first kappa shape index (κ1) is 17.9. The zero-order valence-electron chi connectivity index (χ0n) is 16.4. The number of imidazole rings is 1. The highest BCUT2D eigenvalue weighted by Crippen LogP contribution is 2.47. The molecule has 1 aromatic heterocycles. The molecule has 3 nitrogen and oxygen atoms in total. The highest BCUT2D eigenvalue weighted by atomic mass is 15.1. The van der Waals surface area contributed by atoms with Crippen LogP contribution in [0.3, 0.4) is 0 Å². The third-order valence-corrected chi connectivity index (χ3v) is 6.17. The Morgan fingerprint density at radius 1 is 0.793 bits per heavy atom. The van der Waals surface area contributed by atoms with Crippen LogP contribution in [0.5, 0.6) is 0 Å². The lowest BCUT2D eigenvalue weighted by Gasteiger charge is -2.37. The molecule has 0 radical (unpaired) electrons. The maximum Gasteiger partial charge on any atom is 0.121 e. The van der Waals surface area contributed by atoms with Crippen LogP contribution in [0.2, 0.25) is 0 Å². The number of nitrogens with zero attached hydrogens (tertiary/aromatic N) is 2. The summed E-state index contributed by atoms with van der Waals surface area (Å²) in [7, 11) is 0. The van der Waals surface area contributed by atoms with E-state index in [9.17, 15) is 0 Å². The van der Waals surface area contributed by atoms with Crippen LogP contribution in [0.25, 0.3) is 0 Å². The lowest BCUT2D eigenvalue weighted by molar-refractivity contribution is 0.514. The first-order chi connectivity index (χ1) is 14.3. The predicted octanol–water partition coefficient (Wildman–Crippen LogP) is 4.79. The van der Waals surface area contributed by atoms with Crippen molar-refractivity contribution in [2.45, 2.75) is 17.9 Å². The molecular formula is C26H25N3. The van der Waals surface area contributed by atoms with Crippen molar-refractivity contribution in [2.75, 3.05) is 6.54 Å². The SMILES string of the molecule is NC[C@@H]1C[C@@H]1c1cn(C(c2ccccc2)(c2ccccc2)c2ccccc2)cn1. The van der Waals surface area contributed by atoms with Crippen LogP contribution in [-0.2, 0) is 5.54 Å². The fourth-order valence-electron chi connectivity index (χ4n) is 4.57. The van der Waals surface area contributed by atoms with E-state index in [1.807, 2.05) is 6.33 Å². The van der Waals surface area contributed by atoms with E-state index in [1.165, 1.54) is 16.7 Å². The van der Waals surface area contributed by atoms with E-state index in [0.717, 1.165) is 18.7 Å².